The van der Waals surface area contributed by atoms with Crippen molar-refractivity contribution in [1.29, 1.82) is 0 Å². The lowest BCUT2D eigenvalue weighted by Gasteiger charge is -2.39. The summed E-state index contributed by atoms with van der Waals surface area (Å²) in [4.78, 5) is 26.1. The van der Waals surface area contributed by atoms with Gasteiger partial charge in [-0.05, 0) is 25.2 Å². The summed E-state index contributed by atoms with van der Waals surface area (Å²) in [7, 11) is 0. The van der Waals surface area contributed by atoms with Gasteiger partial charge in [-0.15, -0.1) is 0 Å². The average Bonchev–Trinajstić information content (AvgIpc) is 2.34. The first-order chi connectivity index (χ1) is 8.54. The second-order valence-corrected chi connectivity index (χ2v) is 5.28. The molecule has 0 radical (unpaired) electrons. The van der Waals surface area contributed by atoms with E-state index in [0.29, 0.717) is 25.3 Å². The van der Waals surface area contributed by atoms with Gasteiger partial charge in [0, 0.05) is 6.54 Å². The smallest absolute Gasteiger partial charge is 0.245 e. The molecule has 104 valence electrons. The van der Waals surface area contributed by atoms with E-state index in [-0.39, 0.29) is 23.9 Å². The van der Waals surface area contributed by atoms with E-state index in [1.807, 2.05) is 13.8 Å². The number of carbonyl (C=O) groups is 2. The van der Waals surface area contributed by atoms with Gasteiger partial charge in [-0.1, -0.05) is 34.1 Å². The summed E-state index contributed by atoms with van der Waals surface area (Å²) in [6, 6.07) is -0.603. The molecular formula is C14H26N2O2. The Balaban J connectivity index is 2.79. The van der Waals surface area contributed by atoms with Gasteiger partial charge in [0.1, 0.15) is 12.1 Å². The van der Waals surface area contributed by atoms with Crippen LogP contribution in [0.5, 0.6) is 0 Å². The molecule has 1 aliphatic heterocycles. The predicted molar refractivity (Wildman–Crippen MR) is 72.1 cm³/mol. The van der Waals surface area contributed by atoms with Crippen LogP contribution < -0.4 is 5.32 Å². The maximum atomic E-state index is 12.3. The fourth-order valence-corrected chi connectivity index (χ4v) is 2.64. The highest BCUT2D eigenvalue weighted by Gasteiger charge is 2.38. The third kappa shape index (κ3) is 3.24. The van der Waals surface area contributed by atoms with Gasteiger partial charge in [-0.3, -0.25) is 9.59 Å². The molecule has 1 fully saturated rings. The summed E-state index contributed by atoms with van der Waals surface area (Å²) in [5.74, 6) is 0.552. The molecule has 1 saturated heterocycles. The zero-order valence-electron chi connectivity index (χ0n) is 12.0. The van der Waals surface area contributed by atoms with Crippen LogP contribution in [-0.2, 0) is 9.59 Å². The van der Waals surface area contributed by atoms with E-state index in [1.54, 1.807) is 4.90 Å². The number of nitrogens with zero attached hydrogens (tertiary/aromatic N) is 1. The largest absolute Gasteiger partial charge is 0.343 e. The molecule has 4 heteroatoms. The van der Waals surface area contributed by atoms with Crippen molar-refractivity contribution in [2.24, 2.45) is 5.92 Å². The number of hydrogen-bond donors (Lipinski definition) is 1. The van der Waals surface area contributed by atoms with Gasteiger partial charge in [0.15, 0.2) is 0 Å². The van der Waals surface area contributed by atoms with Crippen molar-refractivity contribution < 1.29 is 9.59 Å². The van der Waals surface area contributed by atoms with E-state index in [9.17, 15) is 9.59 Å². The van der Waals surface area contributed by atoms with Crippen molar-refractivity contribution in [2.75, 3.05) is 6.54 Å². The highest BCUT2D eigenvalue weighted by molar-refractivity contribution is 5.96. The van der Waals surface area contributed by atoms with E-state index in [4.69, 9.17) is 0 Å². The zero-order chi connectivity index (χ0) is 13.7. The number of carbonyl (C=O) groups excluding carboxylic acids is 2. The Labute approximate surface area is 110 Å². The highest BCUT2D eigenvalue weighted by atomic mass is 16.2. The van der Waals surface area contributed by atoms with Crippen LogP contribution in [0, 0.1) is 5.92 Å². The van der Waals surface area contributed by atoms with Crippen LogP contribution in [0.15, 0.2) is 0 Å². The van der Waals surface area contributed by atoms with Gasteiger partial charge in [-0.2, -0.15) is 0 Å². The lowest BCUT2D eigenvalue weighted by atomic mass is 9.99. The normalized spacial score (nSPS) is 26.1. The van der Waals surface area contributed by atoms with Crippen molar-refractivity contribution in [1.82, 2.24) is 10.2 Å². The Hall–Kier alpha value is -1.06. The van der Waals surface area contributed by atoms with Crippen molar-refractivity contribution in [3.05, 3.63) is 0 Å². The number of amides is 2. The van der Waals surface area contributed by atoms with E-state index < -0.39 is 0 Å². The summed E-state index contributed by atoms with van der Waals surface area (Å²) in [5.41, 5.74) is 0. The maximum Gasteiger partial charge on any atom is 0.245 e. The number of hydrogen-bond acceptors (Lipinski definition) is 2. The van der Waals surface area contributed by atoms with Gasteiger partial charge >= 0.3 is 0 Å². The van der Waals surface area contributed by atoms with Gasteiger partial charge in [-0.25, -0.2) is 0 Å². The van der Waals surface area contributed by atoms with Crippen LogP contribution in [0.25, 0.3) is 0 Å². The molecule has 2 amide bonds. The van der Waals surface area contributed by atoms with Crippen LogP contribution in [0.1, 0.15) is 53.4 Å². The van der Waals surface area contributed by atoms with E-state index >= 15 is 0 Å². The summed E-state index contributed by atoms with van der Waals surface area (Å²) in [6.45, 7) is 8.89. The van der Waals surface area contributed by atoms with Gasteiger partial charge in [0.2, 0.25) is 11.8 Å². The summed E-state index contributed by atoms with van der Waals surface area (Å²) in [5, 5.41) is 2.82. The fourth-order valence-electron chi connectivity index (χ4n) is 2.64. The third-order valence-corrected chi connectivity index (χ3v) is 3.66. The second kappa shape index (κ2) is 6.76. The minimum absolute atomic E-state index is 0.00708. The molecule has 0 aromatic heterocycles. The second-order valence-electron chi connectivity index (χ2n) is 5.28. The third-order valence-electron chi connectivity index (χ3n) is 3.66. The molecule has 4 nitrogen and oxygen atoms in total. The quantitative estimate of drug-likeness (QED) is 0.787. The fraction of sp³-hybridized carbons (Fsp3) is 0.857. The summed E-state index contributed by atoms with van der Waals surface area (Å²) < 4.78 is 0. The first-order valence-corrected chi connectivity index (χ1v) is 7.15. The van der Waals surface area contributed by atoms with Crippen molar-refractivity contribution in [3.63, 3.8) is 0 Å². The molecule has 0 aromatic rings. The molecule has 3 unspecified atom stereocenters. The van der Waals surface area contributed by atoms with Crippen LogP contribution >= 0.6 is 0 Å². The van der Waals surface area contributed by atoms with Crippen molar-refractivity contribution in [3.8, 4) is 0 Å². The minimum atomic E-state index is -0.325. The molecule has 1 heterocycles. The minimum Gasteiger partial charge on any atom is -0.343 e. The van der Waals surface area contributed by atoms with Crippen LogP contribution in [-0.4, -0.2) is 35.3 Å². The molecule has 1 rings (SSSR count). The maximum absolute atomic E-state index is 12.3. The Kier molecular flexibility index (Phi) is 5.63. The van der Waals surface area contributed by atoms with Crippen molar-refractivity contribution in [2.45, 2.75) is 65.5 Å². The molecular weight excluding hydrogens is 228 g/mol. The number of rotatable bonds is 6. The Morgan fingerprint density at radius 3 is 2.39 bits per heavy atom. The first kappa shape index (κ1) is 15.0. The molecule has 0 spiro atoms. The van der Waals surface area contributed by atoms with Crippen LogP contribution in [0.3, 0.4) is 0 Å². The Morgan fingerprint density at radius 1 is 1.22 bits per heavy atom. The van der Waals surface area contributed by atoms with Gasteiger partial charge in [0.25, 0.3) is 0 Å². The molecule has 1 aliphatic rings. The van der Waals surface area contributed by atoms with Crippen molar-refractivity contribution >= 4 is 11.8 Å². The van der Waals surface area contributed by atoms with Crippen LogP contribution in [0.4, 0.5) is 0 Å². The number of piperazine rings is 1. The van der Waals surface area contributed by atoms with Crippen LogP contribution in [0.2, 0.25) is 0 Å². The SMILES string of the molecule is CCCC(C)CN1C(=O)C(CC)NC(=O)C1CC. The van der Waals surface area contributed by atoms with Gasteiger partial charge < -0.3 is 10.2 Å². The molecule has 3 atom stereocenters. The monoisotopic (exact) mass is 254 g/mol. The molecule has 18 heavy (non-hydrogen) atoms. The topological polar surface area (TPSA) is 49.4 Å². The molecule has 0 saturated carbocycles. The lowest BCUT2D eigenvalue weighted by molar-refractivity contribution is -0.150. The molecule has 1 N–H and O–H groups in total. The Bertz CT molecular complexity index is 304. The van der Waals surface area contributed by atoms with E-state index in [2.05, 4.69) is 19.2 Å². The number of nitrogens with one attached hydrogen (secondary N) is 1. The Morgan fingerprint density at radius 2 is 1.89 bits per heavy atom. The predicted octanol–water partition coefficient (Wildman–Crippen LogP) is 1.94. The summed E-state index contributed by atoms with van der Waals surface area (Å²) in [6.07, 6.45) is 3.56. The lowest BCUT2D eigenvalue weighted by Crippen LogP contribution is -2.63. The van der Waals surface area contributed by atoms with E-state index in [1.165, 1.54) is 0 Å². The summed E-state index contributed by atoms with van der Waals surface area (Å²) >= 11 is 0. The highest BCUT2D eigenvalue weighted by Crippen LogP contribution is 2.18. The molecule has 0 bridgehead atoms. The van der Waals surface area contributed by atoms with Gasteiger partial charge in [0.05, 0.1) is 0 Å². The molecule has 0 aromatic carbocycles. The zero-order valence-corrected chi connectivity index (χ0v) is 12.0. The standard InChI is InChI=1S/C14H26N2O2/c1-5-8-10(4)9-16-12(7-3)13(17)15-11(6-2)14(16)18/h10-12H,5-9H2,1-4H3,(H,15,17). The average molecular weight is 254 g/mol. The molecule has 0 aliphatic carbocycles. The van der Waals surface area contributed by atoms with E-state index in [0.717, 1.165) is 12.8 Å². The first-order valence-electron chi connectivity index (χ1n) is 7.15.